The number of rotatable bonds is 5. The van der Waals surface area contributed by atoms with Crippen LogP contribution in [0.15, 0.2) is 46.7 Å². The molecule has 2 aromatic rings. The van der Waals surface area contributed by atoms with Crippen molar-refractivity contribution < 1.29 is 27.4 Å². The number of morpholine rings is 1. The van der Waals surface area contributed by atoms with E-state index in [1.165, 1.54) is 19.2 Å². The van der Waals surface area contributed by atoms with E-state index in [0.29, 0.717) is 30.4 Å². The van der Waals surface area contributed by atoms with Crippen LogP contribution in [0.25, 0.3) is 0 Å². The Hall–Kier alpha value is -2.95. The summed E-state index contributed by atoms with van der Waals surface area (Å²) in [6.45, 7) is 5.31. The number of nitrogens with zero attached hydrogens (tertiary/aromatic N) is 3. The summed E-state index contributed by atoms with van der Waals surface area (Å²) in [5.41, 5.74) is 0.606. The molecule has 1 fully saturated rings. The van der Waals surface area contributed by atoms with E-state index >= 15 is 0 Å². The van der Waals surface area contributed by atoms with Gasteiger partial charge in [0.1, 0.15) is 23.4 Å². The third-order valence-corrected chi connectivity index (χ3v) is 6.02. The molecule has 0 aliphatic carbocycles. The lowest BCUT2D eigenvalue weighted by Crippen LogP contribution is -2.48. The van der Waals surface area contributed by atoms with Gasteiger partial charge in [-0.05, 0) is 26.0 Å². The number of methoxy groups -OCH3 is 1. The molecule has 7 nitrogen and oxygen atoms in total. The quantitative estimate of drug-likeness (QED) is 0.620. The van der Waals surface area contributed by atoms with Crippen molar-refractivity contribution in [1.82, 2.24) is 15.2 Å². The Kier molecular flexibility index (Phi) is 7.44. The Morgan fingerprint density at radius 2 is 1.91 bits per heavy atom. The van der Waals surface area contributed by atoms with E-state index in [4.69, 9.17) is 21.1 Å². The Morgan fingerprint density at radius 1 is 1.20 bits per heavy atom. The van der Waals surface area contributed by atoms with Crippen LogP contribution in [0.4, 0.5) is 13.2 Å². The third kappa shape index (κ3) is 5.50. The minimum Gasteiger partial charge on any atom is -0.466 e. The molecule has 0 unspecified atom stereocenters. The molecule has 3 heterocycles. The largest absolute Gasteiger partial charge is 0.466 e. The molecule has 35 heavy (non-hydrogen) atoms. The minimum atomic E-state index is -1.05. The number of carbonyl (C=O) groups is 1. The average molecular weight is 509 g/mol. The van der Waals surface area contributed by atoms with E-state index in [-0.39, 0.29) is 40.9 Å². The fraction of sp³-hybridized carbons (Fsp3) is 0.375. The summed E-state index contributed by atoms with van der Waals surface area (Å²) in [4.78, 5) is 23.4. The molecule has 0 saturated carbocycles. The maximum atomic E-state index is 14.7. The van der Waals surface area contributed by atoms with Crippen LogP contribution in [0.1, 0.15) is 31.1 Å². The van der Waals surface area contributed by atoms with Crippen molar-refractivity contribution in [2.24, 2.45) is 4.99 Å². The van der Waals surface area contributed by atoms with Gasteiger partial charge in [0.05, 0.1) is 31.1 Å². The summed E-state index contributed by atoms with van der Waals surface area (Å²) in [5, 5.41) is 3.04. The van der Waals surface area contributed by atoms with Crippen molar-refractivity contribution in [3.05, 3.63) is 75.5 Å². The Morgan fingerprint density at radius 3 is 2.54 bits per heavy atom. The molecular weight excluding hydrogens is 485 g/mol. The number of ether oxygens (including phenoxy) is 2. The summed E-state index contributed by atoms with van der Waals surface area (Å²) in [7, 11) is 1.23. The van der Waals surface area contributed by atoms with Crippen LogP contribution in [0.5, 0.6) is 0 Å². The first-order valence-corrected chi connectivity index (χ1v) is 11.3. The van der Waals surface area contributed by atoms with Crippen LogP contribution in [-0.2, 0) is 14.3 Å². The first-order valence-electron chi connectivity index (χ1n) is 11.0. The van der Waals surface area contributed by atoms with Gasteiger partial charge in [0, 0.05) is 42.0 Å². The molecule has 11 heteroatoms. The number of halogens is 4. The second-order valence-electron chi connectivity index (χ2n) is 8.49. The number of esters is 1. The maximum Gasteiger partial charge on any atom is 0.338 e. The standard InChI is InChI=1S/C24H24ClF3N4O3/c1-12-9-32(10-13(2)35-12)11-19-20(24(33)34-3)21(16-5-4-14(26)6-17(16)25)31-23(30-19)22-18(28)7-15(27)8-29-22/h4-8,12-13,21H,9-11H2,1-3H3,(H,30,31)/t12-,13+,21-/m0/s1. The molecule has 0 amide bonds. The number of benzene rings is 1. The van der Waals surface area contributed by atoms with Gasteiger partial charge in [0.25, 0.3) is 0 Å². The van der Waals surface area contributed by atoms with E-state index in [2.05, 4.69) is 20.2 Å². The van der Waals surface area contributed by atoms with E-state index < -0.39 is 29.5 Å². The fourth-order valence-electron chi connectivity index (χ4n) is 4.37. The molecule has 1 aromatic heterocycles. The third-order valence-electron chi connectivity index (χ3n) is 5.70. The van der Waals surface area contributed by atoms with Gasteiger partial charge in [-0.3, -0.25) is 9.89 Å². The smallest absolute Gasteiger partial charge is 0.338 e. The molecular formula is C24H24ClF3N4O3. The van der Waals surface area contributed by atoms with Gasteiger partial charge in [-0.1, -0.05) is 17.7 Å². The number of hydrogen-bond donors (Lipinski definition) is 1. The summed E-state index contributed by atoms with van der Waals surface area (Å²) in [6.07, 6.45) is 0.778. The van der Waals surface area contributed by atoms with Crippen molar-refractivity contribution in [3.8, 4) is 0 Å². The number of aromatic nitrogens is 1. The summed E-state index contributed by atoms with van der Waals surface area (Å²) in [5.74, 6) is -3.05. The zero-order valence-electron chi connectivity index (χ0n) is 19.3. The summed E-state index contributed by atoms with van der Waals surface area (Å²) < 4.78 is 52.8. The SMILES string of the molecule is COC(=O)C1=C(CN2C[C@@H](C)O[C@@H](C)C2)NC(c2ncc(F)cc2F)=N[C@H]1c1ccc(F)cc1Cl. The molecule has 2 aliphatic heterocycles. The van der Waals surface area contributed by atoms with Crippen LogP contribution >= 0.6 is 11.6 Å². The molecule has 0 spiro atoms. The first kappa shape index (κ1) is 25.2. The van der Waals surface area contributed by atoms with E-state index in [0.717, 1.165) is 12.3 Å². The van der Waals surface area contributed by atoms with Crippen molar-refractivity contribution in [1.29, 1.82) is 0 Å². The number of carbonyl (C=O) groups excluding carboxylic acids is 1. The summed E-state index contributed by atoms with van der Waals surface area (Å²) in [6, 6.07) is 3.34. The van der Waals surface area contributed by atoms with Crippen LogP contribution in [-0.4, -0.2) is 60.6 Å². The predicted molar refractivity (Wildman–Crippen MR) is 123 cm³/mol. The molecule has 4 rings (SSSR count). The lowest BCUT2D eigenvalue weighted by Gasteiger charge is -2.37. The normalized spacial score (nSPS) is 23.1. The highest BCUT2D eigenvalue weighted by Gasteiger charge is 2.35. The topological polar surface area (TPSA) is 76.0 Å². The van der Waals surface area contributed by atoms with Crippen molar-refractivity contribution >= 4 is 23.4 Å². The zero-order chi connectivity index (χ0) is 25.3. The fourth-order valence-corrected chi connectivity index (χ4v) is 4.64. The highest BCUT2D eigenvalue weighted by Crippen LogP contribution is 2.37. The van der Waals surface area contributed by atoms with E-state index in [9.17, 15) is 18.0 Å². The van der Waals surface area contributed by atoms with Crippen molar-refractivity contribution in [2.45, 2.75) is 32.1 Å². The van der Waals surface area contributed by atoms with Gasteiger partial charge < -0.3 is 14.8 Å². The molecule has 1 aromatic carbocycles. The predicted octanol–water partition coefficient (Wildman–Crippen LogP) is 3.78. The highest BCUT2D eigenvalue weighted by molar-refractivity contribution is 6.31. The molecule has 0 bridgehead atoms. The molecule has 186 valence electrons. The second kappa shape index (κ2) is 10.3. The number of aliphatic imine (C=N–C) groups is 1. The lowest BCUT2D eigenvalue weighted by molar-refractivity contribution is -0.136. The number of pyridine rings is 1. The van der Waals surface area contributed by atoms with Crippen LogP contribution in [0, 0.1) is 17.5 Å². The first-order chi connectivity index (χ1) is 16.7. The Labute approximate surface area is 205 Å². The molecule has 0 radical (unpaired) electrons. The number of amidine groups is 1. The highest BCUT2D eigenvalue weighted by atomic mass is 35.5. The van der Waals surface area contributed by atoms with Crippen molar-refractivity contribution in [3.63, 3.8) is 0 Å². The maximum absolute atomic E-state index is 14.7. The van der Waals surface area contributed by atoms with Crippen LogP contribution in [0.3, 0.4) is 0 Å². The van der Waals surface area contributed by atoms with Gasteiger partial charge in [-0.15, -0.1) is 0 Å². The van der Waals surface area contributed by atoms with Gasteiger partial charge in [-0.2, -0.15) is 0 Å². The van der Waals surface area contributed by atoms with Crippen molar-refractivity contribution in [2.75, 3.05) is 26.7 Å². The lowest BCUT2D eigenvalue weighted by atomic mass is 9.94. The van der Waals surface area contributed by atoms with E-state index in [1.54, 1.807) is 0 Å². The molecule has 3 atom stereocenters. The number of hydrogen-bond acceptors (Lipinski definition) is 7. The van der Waals surface area contributed by atoms with Crippen LogP contribution < -0.4 is 5.32 Å². The van der Waals surface area contributed by atoms with Gasteiger partial charge in [0.15, 0.2) is 11.7 Å². The molecule has 1 saturated heterocycles. The number of nitrogens with one attached hydrogen (secondary N) is 1. The molecule has 1 N–H and O–H groups in total. The monoisotopic (exact) mass is 508 g/mol. The van der Waals surface area contributed by atoms with E-state index in [1.807, 2.05) is 13.8 Å². The van der Waals surface area contributed by atoms with Gasteiger partial charge >= 0.3 is 5.97 Å². The van der Waals surface area contributed by atoms with Gasteiger partial charge in [-0.25, -0.2) is 22.9 Å². The zero-order valence-corrected chi connectivity index (χ0v) is 20.1. The Bertz CT molecular complexity index is 1200. The minimum absolute atomic E-state index is 0.0232. The van der Waals surface area contributed by atoms with Crippen LogP contribution in [0.2, 0.25) is 5.02 Å². The van der Waals surface area contributed by atoms with Gasteiger partial charge in [0.2, 0.25) is 0 Å². The second-order valence-corrected chi connectivity index (χ2v) is 8.90. The average Bonchev–Trinajstić information content (AvgIpc) is 2.77. The summed E-state index contributed by atoms with van der Waals surface area (Å²) >= 11 is 6.33. The molecule has 2 aliphatic rings. The Balaban J connectivity index is 1.85.